The molecule has 1 saturated heterocycles. The van der Waals surface area contributed by atoms with E-state index in [0.717, 1.165) is 0 Å². The molecule has 6 nitrogen and oxygen atoms in total. The number of nitrogens with zero attached hydrogens (tertiary/aromatic N) is 2. The third-order valence-corrected chi connectivity index (χ3v) is 5.50. The predicted molar refractivity (Wildman–Crippen MR) is 107 cm³/mol. The maximum absolute atomic E-state index is 13.6. The van der Waals surface area contributed by atoms with Crippen LogP contribution >= 0.6 is 11.6 Å². The Bertz CT molecular complexity index is 990. The van der Waals surface area contributed by atoms with E-state index in [1.165, 1.54) is 9.80 Å². The highest BCUT2D eigenvalue weighted by Crippen LogP contribution is 2.45. The minimum absolute atomic E-state index is 0.174. The highest BCUT2D eigenvalue weighted by Gasteiger charge is 2.61. The topological polar surface area (TPSA) is 69.7 Å². The van der Waals surface area contributed by atoms with Gasteiger partial charge in [0.1, 0.15) is 0 Å². The lowest BCUT2D eigenvalue weighted by Gasteiger charge is -2.50. The third-order valence-electron chi connectivity index (χ3n) is 5.26. The number of halogens is 1. The van der Waals surface area contributed by atoms with Gasteiger partial charge in [0.15, 0.2) is 0 Å². The smallest absolute Gasteiger partial charge is 0.271 e. The lowest BCUT2D eigenvalue weighted by molar-refractivity contribution is -0.129. The fourth-order valence-corrected chi connectivity index (χ4v) is 4.39. The second-order valence-electron chi connectivity index (χ2n) is 7.30. The molecule has 1 atom stereocenters. The maximum atomic E-state index is 13.6. The van der Waals surface area contributed by atoms with E-state index in [-0.39, 0.29) is 30.7 Å². The number of benzene rings is 2. The number of hydrogen-bond acceptors (Lipinski definition) is 3. The first kappa shape index (κ1) is 18.5. The van der Waals surface area contributed by atoms with Crippen LogP contribution in [0.3, 0.4) is 0 Å². The number of para-hydroxylation sites is 1. The van der Waals surface area contributed by atoms with Gasteiger partial charge >= 0.3 is 0 Å². The van der Waals surface area contributed by atoms with Crippen molar-refractivity contribution in [1.82, 2.24) is 4.90 Å². The van der Waals surface area contributed by atoms with Crippen LogP contribution in [0.4, 0.5) is 11.4 Å². The average Bonchev–Trinajstić information content (AvgIpc) is 3.00. The van der Waals surface area contributed by atoms with Gasteiger partial charge in [-0.1, -0.05) is 29.8 Å². The molecule has 7 heteroatoms. The number of amides is 3. The van der Waals surface area contributed by atoms with Gasteiger partial charge in [-0.25, -0.2) is 0 Å². The van der Waals surface area contributed by atoms with Gasteiger partial charge in [0.2, 0.25) is 11.6 Å². The van der Waals surface area contributed by atoms with Crippen molar-refractivity contribution in [2.45, 2.75) is 38.4 Å². The van der Waals surface area contributed by atoms with Crippen LogP contribution in [0.25, 0.3) is 0 Å². The summed E-state index contributed by atoms with van der Waals surface area (Å²) < 4.78 is 0. The second kappa shape index (κ2) is 6.63. The summed E-state index contributed by atoms with van der Waals surface area (Å²) >= 11 is 6.04. The van der Waals surface area contributed by atoms with Gasteiger partial charge < -0.3 is 10.2 Å². The predicted octanol–water partition coefficient (Wildman–Crippen LogP) is 3.67. The first-order chi connectivity index (χ1) is 13.4. The number of carbonyl (C=O) groups excluding carboxylic acids is 3. The van der Waals surface area contributed by atoms with Crippen LogP contribution in [0, 0.1) is 0 Å². The number of anilines is 2. The molecule has 2 aromatic carbocycles. The Hall–Kier alpha value is -2.86. The summed E-state index contributed by atoms with van der Waals surface area (Å²) in [7, 11) is 0. The molecule has 3 amide bonds. The van der Waals surface area contributed by atoms with Crippen LogP contribution in [0.1, 0.15) is 37.0 Å². The molecule has 28 heavy (non-hydrogen) atoms. The van der Waals surface area contributed by atoms with E-state index in [0.29, 0.717) is 22.0 Å². The molecule has 2 aliphatic heterocycles. The van der Waals surface area contributed by atoms with E-state index in [4.69, 9.17) is 11.6 Å². The van der Waals surface area contributed by atoms with Gasteiger partial charge in [0, 0.05) is 29.6 Å². The average molecular weight is 398 g/mol. The van der Waals surface area contributed by atoms with Crippen LogP contribution in [0.15, 0.2) is 48.5 Å². The molecule has 1 unspecified atom stereocenters. The summed E-state index contributed by atoms with van der Waals surface area (Å²) in [6, 6.07) is 13.5. The Morgan fingerprint density at radius 2 is 1.89 bits per heavy atom. The van der Waals surface area contributed by atoms with E-state index in [2.05, 4.69) is 5.32 Å². The minimum Gasteiger partial charge on any atom is -0.322 e. The summed E-state index contributed by atoms with van der Waals surface area (Å²) in [5.41, 5.74) is 0.0193. The molecule has 4 rings (SSSR count). The standard InChI is InChI=1S/C21H20ClN3O3/c1-13(2)24-19(27)16-8-3-4-9-17(16)25-18(26)10-11-21(24,25)20(28)23-15-7-5-6-14(22)12-15/h3-9,12-13H,10-11H2,1-2H3,(H,23,28). The zero-order valence-corrected chi connectivity index (χ0v) is 16.4. The van der Waals surface area contributed by atoms with Crippen LogP contribution < -0.4 is 10.2 Å². The van der Waals surface area contributed by atoms with Crippen molar-refractivity contribution in [2.75, 3.05) is 10.2 Å². The molecule has 144 valence electrons. The first-order valence-electron chi connectivity index (χ1n) is 9.19. The van der Waals surface area contributed by atoms with Crippen molar-refractivity contribution in [3.8, 4) is 0 Å². The lowest BCUT2D eigenvalue weighted by Crippen LogP contribution is -2.70. The molecule has 0 saturated carbocycles. The van der Waals surface area contributed by atoms with Crippen LogP contribution in [-0.4, -0.2) is 34.3 Å². The SMILES string of the molecule is CC(C)N1C(=O)c2ccccc2N2C(=O)CCC21C(=O)Nc1cccc(Cl)c1. The minimum atomic E-state index is -1.40. The molecule has 2 heterocycles. The lowest BCUT2D eigenvalue weighted by atomic mass is 9.94. The summed E-state index contributed by atoms with van der Waals surface area (Å²) in [6.07, 6.45) is 0.421. The second-order valence-corrected chi connectivity index (χ2v) is 7.73. The quantitative estimate of drug-likeness (QED) is 0.859. The third kappa shape index (κ3) is 2.59. The monoisotopic (exact) mass is 397 g/mol. The Morgan fingerprint density at radius 1 is 1.14 bits per heavy atom. The van der Waals surface area contributed by atoms with E-state index >= 15 is 0 Å². The van der Waals surface area contributed by atoms with Crippen molar-refractivity contribution in [3.63, 3.8) is 0 Å². The first-order valence-corrected chi connectivity index (χ1v) is 9.57. The molecule has 0 aromatic heterocycles. The van der Waals surface area contributed by atoms with Crippen LogP contribution in [-0.2, 0) is 9.59 Å². The van der Waals surface area contributed by atoms with Crippen molar-refractivity contribution in [1.29, 1.82) is 0 Å². The van der Waals surface area contributed by atoms with E-state index in [1.54, 1.807) is 48.5 Å². The molecule has 0 bridgehead atoms. The van der Waals surface area contributed by atoms with Crippen LogP contribution in [0.2, 0.25) is 5.02 Å². The summed E-state index contributed by atoms with van der Waals surface area (Å²) in [4.78, 5) is 42.7. The van der Waals surface area contributed by atoms with Crippen LogP contribution in [0.5, 0.6) is 0 Å². The normalized spacial score (nSPS) is 21.0. The van der Waals surface area contributed by atoms with Gasteiger partial charge in [-0.05, 0) is 44.2 Å². The molecule has 2 aliphatic rings. The number of fused-ring (bicyclic) bond motifs is 3. The van der Waals surface area contributed by atoms with Gasteiger partial charge in [0.25, 0.3) is 11.8 Å². The summed E-state index contributed by atoms with van der Waals surface area (Å²) in [6.45, 7) is 3.70. The Kier molecular flexibility index (Phi) is 4.38. The van der Waals surface area contributed by atoms with Crippen molar-refractivity contribution in [3.05, 3.63) is 59.1 Å². The largest absolute Gasteiger partial charge is 0.322 e. The van der Waals surface area contributed by atoms with Crippen molar-refractivity contribution < 1.29 is 14.4 Å². The van der Waals surface area contributed by atoms with Gasteiger partial charge in [-0.15, -0.1) is 0 Å². The van der Waals surface area contributed by atoms with Gasteiger partial charge in [-0.2, -0.15) is 0 Å². The highest BCUT2D eigenvalue weighted by atomic mass is 35.5. The summed E-state index contributed by atoms with van der Waals surface area (Å²) in [5.74, 6) is -0.846. The number of rotatable bonds is 3. The van der Waals surface area contributed by atoms with Gasteiger partial charge in [-0.3, -0.25) is 19.3 Å². The van der Waals surface area contributed by atoms with E-state index in [1.807, 2.05) is 13.8 Å². The number of hydrogen-bond donors (Lipinski definition) is 1. The number of carbonyl (C=O) groups is 3. The molecule has 1 N–H and O–H groups in total. The molecule has 0 aliphatic carbocycles. The zero-order valence-electron chi connectivity index (χ0n) is 15.6. The highest BCUT2D eigenvalue weighted by molar-refractivity contribution is 6.31. The van der Waals surface area contributed by atoms with Crippen molar-refractivity contribution >= 4 is 40.7 Å². The Morgan fingerprint density at radius 3 is 2.61 bits per heavy atom. The van der Waals surface area contributed by atoms with Gasteiger partial charge in [0.05, 0.1) is 11.3 Å². The summed E-state index contributed by atoms with van der Waals surface area (Å²) in [5, 5.41) is 3.35. The Labute approximate surface area is 168 Å². The molecule has 0 spiro atoms. The Balaban J connectivity index is 1.87. The fraction of sp³-hybridized carbons (Fsp3) is 0.286. The molecule has 0 radical (unpaired) electrons. The van der Waals surface area contributed by atoms with E-state index < -0.39 is 11.6 Å². The molecule has 1 fully saturated rings. The zero-order chi connectivity index (χ0) is 20.1. The fourth-order valence-electron chi connectivity index (χ4n) is 4.20. The molecular weight excluding hydrogens is 378 g/mol. The molecule has 2 aromatic rings. The van der Waals surface area contributed by atoms with Crippen molar-refractivity contribution in [2.24, 2.45) is 0 Å². The number of nitrogens with one attached hydrogen (secondary N) is 1. The maximum Gasteiger partial charge on any atom is 0.271 e. The molecular formula is C21H20ClN3O3. The van der Waals surface area contributed by atoms with E-state index in [9.17, 15) is 14.4 Å².